The molecule has 0 radical (unpaired) electrons. The number of carbonyl (C=O) groups is 1. The molecule has 3 heterocycles. The number of nitrogens with zero attached hydrogens (tertiary/aromatic N) is 3. The summed E-state index contributed by atoms with van der Waals surface area (Å²) in [6, 6.07) is 6.14. The number of rotatable bonds is 9. The van der Waals surface area contributed by atoms with Crippen LogP contribution in [0, 0.1) is 11.3 Å². The Labute approximate surface area is 184 Å². The molecule has 3 rings (SSSR count). The minimum absolute atomic E-state index is 0.197. The van der Waals surface area contributed by atoms with Crippen LogP contribution in [0.5, 0.6) is 0 Å². The Balaban J connectivity index is 1.66. The largest absolute Gasteiger partial charge is 0.404 e. The standard InChI is InChI=1S/C25H31N5O/c1-4-6-19(5-2)7-10-25(31)30-17-20(13-18(30)3)16-29-12-11-23-24(29)9-8-22(28-23)21(14-26)15-27/h4-6,8-9,11-12,14-15,18,20,26H,1-2,7,10,13,16-17,27H2,3H3/b19-6+,21-15+,26-14?. The van der Waals surface area contributed by atoms with Gasteiger partial charge in [0.25, 0.3) is 0 Å². The van der Waals surface area contributed by atoms with Crippen LogP contribution in [0.25, 0.3) is 16.6 Å². The van der Waals surface area contributed by atoms with Crippen molar-refractivity contribution in [3.05, 3.63) is 73.2 Å². The smallest absolute Gasteiger partial charge is 0.223 e. The lowest BCUT2D eigenvalue weighted by molar-refractivity contribution is -0.131. The molecule has 3 N–H and O–H groups in total. The summed E-state index contributed by atoms with van der Waals surface area (Å²) in [5, 5.41) is 7.45. The molecule has 2 unspecified atom stereocenters. The summed E-state index contributed by atoms with van der Waals surface area (Å²) >= 11 is 0. The van der Waals surface area contributed by atoms with E-state index in [4.69, 9.17) is 11.1 Å². The van der Waals surface area contributed by atoms with Gasteiger partial charge >= 0.3 is 0 Å². The van der Waals surface area contributed by atoms with Crippen LogP contribution in [-0.4, -0.2) is 39.2 Å². The average molecular weight is 418 g/mol. The summed E-state index contributed by atoms with van der Waals surface area (Å²) in [7, 11) is 0. The Hall–Kier alpha value is -3.41. The van der Waals surface area contributed by atoms with Gasteiger partial charge in [0.05, 0.1) is 16.7 Å². The number of likely N-dealkylation sites (tertiary alicyclic amines) is 1. The first kappa shape index (κ1) is 22.3. The van der Waals surface area contributed by atoms with Crippen molar-refractivity contribution < 1.29 is 4.79 Å². The minimum atomic E-state index is 0.197. The van der Waals surface area contributed by atoms with E-state index in [1.807, 2.05) is 35.4 Å². The Morgan fingerprint density at radius 2 is 2.13 bits per heavy atom. The maximum absolute atomic E-state index is 12.8. The van der Waals surface area contributed by atoms with Crippen molar-refractivity contribution in [3.8, 4) is 0 Å². The Morgan fingerprint density at radius 1 is 1.32 bits per heavy atom. The molecule has 1 saturated heterocycles. The number of hydrogen-bond donors (Lipinski definition) is 2. The van der Waals surface area contributed by atoms with Crippen molar-refractivity contribution in [2.75, 3.05) is 6.54 Å². The number of nitrogens with two attached hydrogens (primary N) is 1. The summed E-state index contributed by atoms with van der Waals surface area (Å²) in [5.41, 5.74) is 9.83. The Bertz CT molecular complexity index is 1050. The average Bonchev–Trinajstić information content (AvgIpc) is 3.34. The molecule has 0 aromatic carbocycles. The Morgan fingerprint density at radius 3 is 2.81 bits per heavy atom. The highest BCUT2D eigenvalue weighted by molar-refractivity contribution is 6.07. The number of aromatic nitrogens is 2. The van der Waals surface area contributed by atoms with Crippen molar-refractivity contribution >= 4 is 28.7 Å². The number of nitrogens with one attached hydrogen (secondary N) is 1. The highest BCUT2D eigenvalue weighted by Crippen LogP contribution is 2.27. The van der Waals surface area contributed by atoms with Crippen molar-refractivity contribution in [2.24, 2.45) is 11.7 Å². The number of amides is 1. The van der Waals surface area contributed by atoms with E-state index in [2.05, 4.69) is 29.6 Å². The van der Waals surface area contributed by atoms with Gasteiger partial charge in [-0.1, -0.05) is 31.4 Å². The lowest BCUT2D eigenvalue weighted by atomic mass is 10.1. The van der Waals surface area contributed by atoms with E-state index in [0.717, 1.165) is 36.1 Å². The topological polar surface area (TPSA) is 88.0 Å². The summed E-state index contributed by atoms with van der Waals surface area (Å²) in [4.78, 5) is 19.4. The molecule has 0 bridgehead atoms. The van der Waals surface area contributed by atoms with E-state index in [0.29, 0.717) is 30.0 Å². The molecule has 31 heavy (non-hydrogen) atoms. The molecular weight excluding hydrogens is 386 g/mol. The summed E-state index contributed by atoms with van der Waals surface area (Å²) in [5.74, 6) is 0.598. The maximum atomic E-state index is 12.8. The summed E-state index contributed by atoms with van der Waals surface area (Å²) in [6.07, 6.45) is 12.2. The zero-order valence-corrected chi connectivity index (χ0v) is 18.1. The van der Waals surface area contributed by atoms with Crippen LogP contribution in [0.1, 0.15) is 31.9 Å². The van der Waals surface area contributed by atoms with Gasteiger partial charge < -0.3 is 20.6 Å². The molecule has 2 aromatic heterocycles. The molecule has 1 aliphatic rings. The fraction of sp³-hybridized carbons (Fsp3) is 0.320. The molecular formula is C25H31N5O. The third-order valence-corrected chi connectivity index (χ3v) is 5.91. The molecule has 1 aliphatic heterocycles. The molecule has 0 spiro atoms. The van der Waals surface area contributed by atoms with Crippen LogP contribution in [-0.2, 0) is 11.3 Å². The molecule has 162 valence electrons. The third-order valence-electron chi connectivity index (χ3n) is 5.91. The predicted molar refractivity (Wildman–Crippen MR) is 128 cm³/mol. The van der Waals surface area contributed by atoms with Crippen LogP contribution in [0.4, 0.5) is 0 Å². The molecule has 6 heteroatoms. The van der Waals surface area contributed by atoms with Crippen LogP contribution in [0.15, 0.2) is 67.6 Å². The predicted octanol–water partition coefficient (Wildman–Crippen LogP) is 4.30. The van der Waals surface area contributed by atoms with Crippen molar-refractivity contribution in [1.29, 1.82) is 5.41 Å². The highest BCUT2D eigenvalue weighted by Gasteiger charge is 2.32. The molecule has 1 amide bonds. The first-order valence-corrected chi connectivity index (χ1v) is 10.6. The van der Waals surface area contributed by atoms with E-state index in [9.17, 15) is 4.79 Å². The Kier molecular flexibility index (Phi) is 7.23. The third kappa shape index (κ3) is 5.02. The van der Waals surface area contributed by atoms with Gasteiger partial charge in [-0.15, -0.1) is 0 Å². The zero-order valence-electron chi connectivity index (χ0n) is 18.1. The van der Waals surface area contributed by atoms with Gasteiger partial charge in [-0.3, -0.25) is 4.79 Å². The van der Waals surface area contributed by atoms with Gasteiger partial charge in [0.2, 0.25) is 5.91 Å². The number of carbonyl (C=O) groups excluding carboxylic acids is 1. The normalized spacial score (nSPS) is 19.6. The van der Waals surface area contributed by atoms with E-state index in [1.54, 1.807) is 12.2 Å². The first-order chi connectivity index (χ1) is 15.0. The second-order valence-corrected chi connectivity index (χ2v) is 8.01. The van der Waals surface area contributed by atoms with E-state index < -0.39 is 0 Å². The monoisotopic (exact) mass is 417 g/mol. The zero-order chi connectivity index (χ0) is 22.4. The molecule has 6 nitrogen and oxygen atoms in total. The van der Waals surface area contributed by atoms with Gasteiger partial charge in [0.1, 0.15) is 0 Å². The van der Waals surface area contributed by atoms with E-state index in [-0.39, 0.29) is 11.9 Å². The van der Waals surface area contributed by atoms with Gasteiger partial charge in [-0.2, -0.15) is 0 Å². The lowest BCUT2D eigenvalue weighted by Crippen LogP contribution is -2.34. The first-order valence-electron chi connectivity index (χ1n) is 10.6. The molecule has 0 saturated carbocycles. The quantitative estimate of drug-likeness (QED) is 0.471. The number of pyridine rings is 1. The highest BCUT2D eigenvalue weighted by atomic mass is 16.2. The molecule has 2 aromatic rings. The second-order valence-electron chi connectivity index (χ2n) is 8.01. The number of allylic oxidation sites excluding steroid dienone is 5. The molecule has 0 aliphatic carbocycles. The van der Waals surface area contributed by atoms with Crippen LogP contribution in [0.3, 0.4) is 0 Å². The SMILES string of the molecule is C=C/C=C(\C=C)CCC(=O)N1CC(Cn2ccc3nc(/C(C=N)=C/N)ccc32)CC1C. The minimum Gasteiger partial charge on any atom is -0.404 e. The summed E-state index contributed by atoms with van der Waals surface area (Å²) in [6.45, 7) is 11.3. The van der Waals surface area contributed by atoms with Crippen LogP contribution in [0.2, 0.25) is 0 Å². The fourth-order valence-corrected chi connectivity index (χ4v) is 4.30. The fourth-order valence-electron chi connectivity index (χ4n) is 4.30. The van der Waals surface area contributed by atoms with Gasteiger partial charge in [0.15, 0.2) is 0 Å². The van der Waals surface area contributed by atoms with Crippen molar-refractivity contribution in [2.45, 2.75) is 38.8 Å². The lowest BCUT2D eigenvalue weighted by Gasteiger charge is -2.21. The van der Waals surface area contributed by atoms with Crippen molar-refractivity contribution in [1.82, 2.24) is 14.5 Å². The van der Waals surface area contributed by atoms with Gasteiger partial charge in [-0.05, 0) is 49.5 Å². The summed E-state index contributed by atoms with van der Waals surface area (Å²) < 4.78 is 2.20. The van der Waals surface area contributed by atoms with E-state index in [1.165, 1.54) is 12.4 Å². The van der Waals surface area contributed by atoms with Gasteiger partial charge in [0, 0.05) is 49.7 Å². The van der Waals surface area contributed by atoms with Gasteiger partial charge in [-0.25, -0.2) is 4.98 Å². The molecule has 1 fully saturated rings. The number of hydrogen-bond acceptors (Lipinski definition) is 4. The number of fused-ring (bicyclic) bond motifs is 1. The van der Waals surface area contributed by atoms with Crippen LogP contribution >= 0.6 is 0 Å². The molecule has 2 atom stereocenters. The maximum Gasteiger partial charge on any atom is 0.223 e. The second kappa shape index (κ2) is 10.1. The van der Waals surface area contributed by atoms with Crippen molar-refractivity contribution in [3.63, 3.8) is 0 Å². The van der Waals surface area contributed by atoms with E-state index >= 15 is 0 Å². The van der Waals surface area contributed by atoms with Crippen LogP contribution < -0.4 is 5.73 Å².